The standard InChI is InChI=1S/C12H16F3NS/c1-9(7-8-17-12(13,14)15)11(16)10-5-3-2-4-6-10/h2-6,9,11H,7-8,16H2,1H3. The van der Waals surface area contributed by atoms with Crippen LogP contribution >= 0.6 is 11.8 Å². The first-order chi connectivity index (χ1) is 7.90. The van der Waals surface area contributed by atoms with Crippen LogP contribution in [0.1, 0.15) is 24.9 Å². The van der Waals surface area contributed by atoms with Gasteiger partial charge < -0.3 is 5.73 Å². The maximum absolute atomic E-state index is 12.0. The second kappa shape index (κ2) is 6.31. The molecule has 0 aromatic heterocycles. The molecule has 0 spiro atoms. The van der Waals surface area contributed by atoms with Gasteiger partial charge in [-0.3, -0.25) is 0 Å². The number of hydrogen-bond acceptors (Lipinski definition) is 2. The third-order valence-corrected chi connectivity index (χ3v) is 3.40. The molecule has 0 fully saturated rings. The molecule has 5 heteroatoms. The summed E-state index contributed by atoms with van der Waals surface area (Å²) in [7, 11) is 0. The second-order valence-electron chi connectivity index (χ2n) is 4.00. The molecule has 0 aliphatic rings. The Balaban J connectivity index is 2.40. The fourth-order valence-electron chi connectivity index (χ4n) is 1.54. The van der Waals surface area contributed by atoms with E-state index in [1.165, 1.54) is 0 Å². The Morgan fingerprint density at radius 2 is 1.82 bits per heavy atom. The van der Waals surface area contributed by atoms with E-state index in [4.69, 9.17) is 5.73 Å². The summed E-state index contributed by atoms with van der Waals surface area (Å²) in [6, 6.07) is 9.25. The number of nitrogens with two attached hydrogens (primary N) is 1. The van der Waals surface area contributed by atoms with Crippen molar-refractivity contribution in [3.8, 4) is 0 Å². The molecule has 1 rings (SSSR count). The third kappa shape index (κ3) is 5.46. The van der Waals surface area contributed by atoms with Crippen LogP contribution < -0.4 is 5.73 Å². The number of halogens is 3. The van der Waals surface area contributed by atoms with Crippen molar-refractivity contribution in [1.82, 2.24) is 0 Å². The lowest BCUT2D eigenvalue weighted by Gasteiger charge is -2.20. The van der Waals surface area contributed by atoms with Gasteiger partial charge in [0.1, 0.15) is 0 Å². The van der Waals surface area contributed by atoms with Crippen molar-refractivity contribution in [2.24, 2.45) is 11.7 Å². The van der Waals surface area contributed by atoms with Gasteiger partial charge in [0, 0.05) is 11.8 Å². The van der Waals surface area contributed by atoms with Gasteiger partial charge in [-0.15, -0.1) is 0 Å². The molecule has 1 nitrogen and oxygen atoms in total. The zero-order chi connectivity index (χ0) is 12.9. The number of hydrogen-bond donors (Lipinski definition) is 1. The normalized spacial score (nSPS) is 15.6. The molecule has 96 valence electrons. The van der Waals surface area contributed by atoms with Gasteiger partial charge in [0.15, 0.2) is 0 Å². The van der Waals surface area contributed by atoms with E-state index in [0.29, 0.717) is 6.42 Å². The first-order valence-corrected chi connectivity index (χ1v) is 6.40. The highest BCUT2D eigenvalue weighted by Crippen LogP contribution is 2.32. The molecule has 2 atom stereocenters. The smallest absolute Gasteiger partial charge is 0.324 e. The van der Waals surface area contributed by atoms with Crippen LogP contribution in [0.15, 0.2) is 30.3 Å². The summed E-state index contributed by atoms with van der Waals surface area (Å²) < 4.78 is 35.9. The molecule has 1 aromatic carbocycles. The largest absolute Gasteiger partial charge is 0.441 e. The summed E-state index contributed by atoms with van der Waals surface area (Å²) in [5, 5.41) is 0. The molecule has 0 saturated heterocycles. The predicted molar refractivity (Wildman–Crippen MR) is 65.7 cm³/mol. The summed E-state index contributed by atoms with van der Waals surface area (Å²) >= 11 is 0.0189. The molecular weight excluding hydrogens is 247 g/mol. The van der Waals surface area contributed by atoms with Gasteiger partial charge in [-0.2, -0.15) is 13.2 Å². The fourth-order valence-corrected chi connectivity index (χ4v) is 2.26. The van der Waals surface area contributed by atoms with Gasteiger partial charge in [0.05, 0.1) is 0 Å². The fraction of sp³-hybridized carbons (Fsp3) is 0.500. The summed E-state index contributed by atoms with van der Waals surface area (Å²) in [4.78, 5) is 0. The lowest BCUT2D eigenvalue weighted by molar-refractivity contribution is -0.0328. The van der Waals surface area contributed by atoms with Crippen LogP contribution in [0.2, 0.25) is 0 Å². The molecule has 0 heterocycles. The quantitative estimate of drug-likeness (QED) is 0.870. The van der Waals surface area contributed by atoms with Crippen LogP contribution in [0.25, 0.3) is 0 Å². The van der Waals surface area contributed by atoms with Gasteiger partial charge in [-0.25, -0.2) is 0 Å². The van der Waals surface area contributed by atoms with Gasteiger partial charge in [-0.05, 0) is 17.9 Å². The minimum absolute atomic E-state index is 0.0189. The van der Waals surface area contributed by atoms with Crippen LogP contribution in [-0.2, 0) is 0 Å². The van der Waals surface area contributed by atoms with Crippen LogP contribution in [0.5, 0.6) is 0 Å². The molecule has 0 aliphatic heterocycles. The Hall–Kier alpha value is -0.680. The minimum Gasteiger partial charge on any atom is -0.324 e. The minimum atomic E-state index is -4.14. The van der Waals surface area contributed by atoms with Gasteiger partial charge in [0.2, 0.25) is 0 Å². The molecule has 17 heavy (non-hydrogen) atoms. The molecule has 0 bridgehead atoms. The second-order valence-corrected chi connectivity index (χ2v) is 5.16. The van der Waals surface area contributed by atoms with Crippen molar-refractivity contribution in [2.75, 3.05) is 5.75 Å². The molecule has 0 amide bonds. The van der Waals surface area contributed by atoms with E-state index in [1.807, 2.05) is 37.3 Å². The van der Waals surface area contributed by atoms with Gasteiger partial charge in [0.25, 0.3) is 0 Å². The molecule has 0 saturated carbocycles. The SMILES string of the molecule is CC(CCSC(F)(F)F)C(N)c1ccccc1. The number of thioether (sulfide) groups is 1. The highest BCUT2D eigenvalue weighted by molar-refractivity contribution is 8.00. The van der Waals surface area contributed by atoms with Crippen molar-refractivity contribution in [3.63, 3.8) is 0 Å². The topological polar surface area (TPSA) is 26.0 Å². The van der Waals surface area contributed by atoms with Crippen molar-refractivity contribution in [1.29, 1.82) is 0 Å². The van der Waals surface area contributed by atoms with E-state index in [0.717, 1.165) is 5.56 Å². The number of rotatable bonds is 5. The Morgan fingerprint density at radius 3 is 2.35 bits per heavy atom. The maximum Gasteiger partial charge on any atom is 0.441 e. The summed E-state index contributed by atoms with van der Waals surface area (Å²) in [5.74, 6) is 0.0952. The van der Waals surface area contributed by atoms with Crippen LogP contribution in [0.3, 0.4) is 0 Å². The Labute approximate surface area is 104 Å². The molecule has 2 unspecified atom stereocenters. The first kappa shape index (κ1) is 14.4. The van der Waals surface area contributed by atoms with Crippen LogP contribution in [0, 0.1) is 5.92 Å². The zero-order valence-electron chi connectivity index (χ0n) is 9.58. The molecule has 0 radical (unpaired) electrons. The van der Waals surface area contributed by atoms with Crippen molar-refractivity contribution in [2.45, 2.75) is 24.9 Å². The molecule has 1 aromatic rings. The van der Waals surface area contributed by atoms with Crippen molar-refractivity contribution < 1.29 is 13.2 Å². The lowest BCUT2D eigenvalue weighted by atomic mass is 9.93. The van der Waals surface area contributed by atoms with Crippen molar-refractivity contribution in [3.05, 3.63) is 35.9 Å². The van der Waals surface area contributed by atoms with Gasteiger partial charge in [-0.1, -0.05) is 49.0 Å². The van der Waals surface area contributed by atoms with E-state index in [-0.39, 0.29) is 29.5 Å². The van der Waals surface area contributed by atoms with E-state index in [2.05, 4.69) is 0 Å². The summed E-state index contributed by atoms with van der Waals surface area (Å²) in [6.45, 7) is 1.88. The summed E-state index contributed by atoms with van der Waals surface area (Å²) in [6.07, 6.45) is 0.459. The average Bonchev–Trinajstić information content (AvgIpc) is 2.27. The summed E-state index contributed by atoms with van der Waals surface area (Å²) in [5.41, 5.74) is 2.82. The van der Waals surface area contributed by atoms with E-state index >= 15 is 0 Å². The Kier molecular flexibility index (Phi) is 5.33. The highest BCUT2D eigenvalue weighted by Gasteiger charge is 2.28. The Morgan fingerprint density at radius 1 is 1.24 bits per heavy atom. The number of alkyl halides is 3. The molecular formula is C12H16F3NS. The zero-order valence-corrected chi connectivity index (χ0v) is 10.4. The molecule has 2 N–H and O–H groups in total. The predicted octanol–water partition coefficient (Wildman–Crippen LogP) is 3.97. The molecule has 0 aliphatic carbocycles. The monoisotopic (exact) mass is 263 g/mol. The average molecular weight is 263 g/mol. The van der Waals surface area contributed by atoms with Crippen LogP contribution in [-0.4, -0.2) is 11.3 Å². The van der Waals surface area contributed by atoms with Crippen molar-refractivity contribution >= 4 is 11.8 Å². The first-order valence-electron chi connectivity index (χ1n) is 5.41. The Bertz CT molecular complexity index is 326. The third-order valence-electron chi connectivity index (χ3n) is 2.64. The van der Waals surface area contributed by atoms with Gasteiger partial charge >= 0.3 is 5.51 Å². The number of benzene rings is 1. The van der Waals surface area contributed by atoms with E-state index in [9.17, 15) is 13.2 Å². The lowest BCUT2D eigenvalue weighted by Crippen LogP contribution is -2.20. The highest BCUT2D eigenvalue weighted by atomic mass is 32.2. The maximum atomic E-state index is 12.0. The van der Waals surface area contributed by atoms with E-state index in [1.54, 1.807) is 0 Å². The van der Waals surface area contributed by atoms with Crippen LogP contribution in [0.4, 0.5) is 13.2 Å². The van der Waals surface area contributed by atoms with E-state index < -0.39 is 5.51 Å².